The van der Waals surface area contributed by atoms with E-state index in [0.29, 0.717) is 42.6 Å². The fraction of sp³-hybridized carbons (Fsp3) is 0.435. The molecular formula is C23H30N2O4S2. The lowest BCUT2D eigenvalue weighted by atomic mass is 10.2. The van der Waals surface area contributed by atoms with Crippen LogP contribution in [0.1, 0.15) is 30.4 Å². The maximum atomic E-state index is 12.7. The molecule has 2 aromatic carbocycles. The highest BCUT2D eigenvalue weighted by molar-refractivity contribution is 7.99. The summed E-state index contributed by atoms with van der Waals surface area (Å²) >= 11 is 1.58. The van der Waals surface area contributed by atoms with Crippen molar-refractivity contribution in [1.29, 1.82) is 0 Å². The summed E-state index contributed by atoms with van der Waals surface area (Å²) in [7, 11) is -3.43. The maximum absolute atomic E-state index is 12.7. The first-order valence-electron chi connectivity index (χ1n) is 10.6. The van der Waals surface area contributed by atoms with Crippen molar-refractivity contribution in [2.24, 2.45) is 0 Å². The molecule has 0 saturated carbocycles. The van der Waals surface area contributed by atoms with Gasteiger partial charge in [-0.3, -0.25) is 4.79 Å². The molecule has 3 rings (SSSR count). The highest BCUT2D eigenvalue weighted by Gasteiger charge is 2.25. The van der Waals surface area contributed by atoms with E-state index in [1.54, 1.807) is 40.3 Å². The third-order valence-corrected chi connectivity index (χ3v) is 8.01. The topological polar surface area (TPSA) is 75.7 Å². The zero-order valence-corrected chi connectivity index (χ0v) is 19.5. The summed E-state index contributed by atoms with van der Waals surface area (Å²) in [6.07, 6.45) is 2.91. The Balaban J connectivity index is 1.34. The Kier molecular flexibility index (Phi) is 8.80. The predicted molar refractivity (Wildman–Crippen MR) is 125 cm³/mol. The van der Waals surface area contributed by atoms with Crippen molar-refractivity contribution in [3.05, 3.63) is 59.7 Å². The van der Waals surface area contributed by atoms with Gasteiger partial charge in [0, 0.05) is 18.8 Å². The van der Waals surface area contributed by atoms with Crippen LogP contribution in [0.2, 0.25) is 0 Å². The van der Waals surface area contributed by atoms with Crippen molar-refractivity contribution < 1.29 is 17.9 Å². The molecule has 1 heterocycles. The molecule has 8 heteroatoms. The molecule has 1 aliphatic heterocycles. The lowest BCUT2D eigenvalue weighted by Gasteiger charge is -2.25. The summed E-state index contributed by atoms with van der Waals surface area (Å²) < 4.78 is 32.5. The van der Waals surface area contributed by atoms with E-state index in [2.05, 4.69) is 36.5 Å². The molecule has 1 aliphatic rings. The number of carbonyl (C=O) groups excluding carboxylic acids is 1. The summed E-state index contributed by atoms with van der Waals surface area (Å²) in [4.78, 5) is 12.2. The summed E-state index contributed by atoms with van der Waals surface area (Å²) in [5.41, 5.74) is 2.43. The number of hydrogen-bond acceptors (Lipinski definition) is 5. The van der Waals surface area contributed by atoms with E-state index < -0.39 is 10.0 Å². The molecule has 168 valence electrons. The van der Waals surface area contributed by atoms with Crippen LogP contribution >= 0.6 is 11.8 Å². The minimum atomic E-state index is -3.43. The fourth-order valence-corrected chi connectivity index (χ4v) is 5.65. The number of piperidine rings is 1. The van der Waals surface area contributed by atoms with E-state index in [-0.39, 0.29) is 5.91 Å². The normalized spacial score (nSPS) is 14.9. The monoisotopic (exact) mass is 462 g/mol. The quantitative estimate of drug-likeness (QED) is 0.546. The predicted octanol–water partition coefficient (Wildman–Crippen LogP) is 3.60. The molecule has 1 saturated heterocycles. The van der Waals surface area contributed by atoms with E-state index in [1.807, 2.05) is 0 Å². The van der Waals surface area contributed by atoms with Crippen LogP contribution in [0.5, 0.6) is 5.75 Å². The Bertz CT molecular complexity index is 939. The van der Waals surface area contributed by atoms with Crippen molar-refractivity contribution in [1.82, 2.24) is 9.62 Å². The van der Waals surface area contributed by atoms with Gasteiger partial charge in [0.15, 0.2) is 0 Å². The SMILES string of the molecule is Cc1ccc(CSCC(=O)NCCOc2ccc(S(=O)(=O)N3CCCCC3)cc2)cc1. The summed E-state index contributed by atoms with van der Waals surface area (Å²) in [6.45, 7) is 3.95. The van der Waals surface area contributed by atoms with Gasteiger partial charge in [0.1, 0.15) is 12.4 Å². The second kappa shape index (κ2) is 11.5. The van der Waals surface area contributed by atoms with Crippen molar-refractivity contribution in [2.75, 3.05) is 32.0 Å². The van der Waals surface area contributed by atoms with Gasteiger partial charge in [-0.1, -0.05) is 36.2 Å². The molecule has 1 amide bonds. The number of thioether (sulfide) groups is 1. The Morgan fingerprint density at radius 3 is 2.39 bits per heavy atom. The maximum Gasteiger partial charge on any atom is 0.243 e. The molecule has 0 spiro atoms. The first-order chi connectivity index (χ1) is 14.9. The molecule has 31 heavy (non-hydrogen) atoms. The number of hydrogen-bond donors (Lipinski definition) is 1. The zero-order valence-electron chi connectivity index (χ0n) is 17.9. The van der Waals surface area contributed by atoms with Gasteiger partial charge in [-0.15, -0.1) is 11.8 Å². The second-order valence-electron chi connectivity index (χ2n) is 7.61. The molecule has 1 N–H and O–H groups in total. The van der Waals surface area contributed by atoms with Gasteiger partial charge in [0.05, 0.1) is 17.2 Å². The number of nitrogens with one attached hydrogen (secondary N) is 1. The lowest BCUT2D eigenvalue weighted by molar-refractivity contribution is -0.118. The lowest BCUT2D eigenvalue weighted by Crippen LogP contribution is -2.35. The van der Waals surface area contributed by atoms with E-state index >= 15 is 0 Å². The molecule has 1 fully saturated rings. The minimum absolute atomic E-state index is 0.0244. The van der Waals surface area contributed by atoms with Gasteiger partial charge in [0.2, 0.25) is 15.9 Å². The standard InChI is InChI=1S/C23H30N2O4S2/c1-19-5-7-20(8-6-19)17-30-18-23(26)24-13-16-29-21-9-11-22(12-10-21)31(27,28)25-14-3-2-4-15-25/h5-12H,2-4,13-18H2,1H3,(H,24,26). The van der Waals surface area contributed by atoms with Crippen LogP contribution in [0, 0.1) is 6.92 Å². The third kappa shape index (κ3) is 7.26. The molecule has 0 unspecified atom stereocenters. The number of sulfonamides is 1. The number of aryl methyl sites for hydroxylation is 1. The van der Waals surface area contributed by atoms with Crippen molar-refractivity contribution in [3.8, 4) is 5.75 Å². The first kappa shape index (κ1) is 23.6. The third-order valence-electron chi connectivity index (χ3n) is 5.09. The Labute approximate surface area is 189 Å². The molecule has 0 radical (unpaired) electrons. The summed E-state index contributed by atoms with van der Waals surface area (Å²) in [5, 5.41) is 2.84. The van der Waals surface area contributed by atoms with Gasteiger partial charge in [-0.2, -0.15) is 4.31 Å². The largest absolute Gasteiger partial charge is 0.492 e. The molecule has 0 atom stereocenters. The minimum Gasteiger partial charge on any atom is -0.492 e. The van der Waals surface area contributed by atoms with Gasteiger partial charge in [0.25, 0.3) is 0 Å². The van der Waals surface area contributed by atoms with Crippen molar-refractivity contribution in [2.45, 2.75) is 36.8 Å². The number of benzene rings is 2. The zero-order chi connectivity index (χ0) is 22.1. The summed E-state index contributed by atoms with van der Waals surface area (Å²) in [6, 6.07) is 14.8. The van der Waals surface area contributed by atoms with E-state index in [4.69, 9.17) is 4.74 Å². The smallest absolute Gasteiger partial charge is 0.243 e. The fourth-order valence-electron chi connectivity index (χ4n) is 3.32. The van der Waals surface area contributed by atoms with Crippen LogP contribution in [0.25, 0.3) is 0 Å². The van der Waals surface area contributed by atoms with Crippen LogP contribution < -0.4 is 10.1 Å². The Morgan fingerprint density at radius 2 is 1.71 bits per heavy atom. The Morgan fingerprint density at radius 1 is 1.03 bits per heavy atom. The average molecular weight is 463 g/mol. The average Bonchev–Trinajstić information content (AvgIpc) is 2.79. The number of carbonyl (C=O) groups is 1. The number of nitrogens with zero attached hydrogens (tertiary/aromatic N) is 1. The van der Waals surface area contributed by atoms with E-state index in [1.165, 1.54) is 11.1 Å². The summed E-state index contributed by atoms with van der Waals surface area (Å²) in [5.74, 6) is 1.76. The molecule has 6 nitrogen and oxygen atoms in total. The highest BCUT2D eigenvalue weighted by atomic mass is 32.2. The number of rotatable bonds is 10. The van der Waals surface area contributed by atoms with E-state index in [0.717, 1.165) is 25.0 Å². The van der Waals surface area contributed by atoms with Crippen LogP contribution in [-0.2, 0) is 20.6 Å². The Hall–Kier alpha value is -2.03. The van der Waals surface area contributed by atoms with Crippen LogP contribution in [0.3, 0.4) is 0 Å². The van der Waals surface area contributed by atoms with Gasteiger partial charge < -0.3 is 10.1 Å². The van der Waals surface area contributed by atoms with Crippen LogP contribution in [-0.4, -0.2) is 50.6 Å². The number of ether oxygens (including phenoxy) is 1. The molecule has 2 aromatic rings. The van der Waals surface area contributed by atoms with Gasteiger partial charge >= 0.3 is 0 Å². The van der Waals surface area contributed by atoms with E-state index in [9.17, 15) is 13.2 Å². The molecule has 0 aromatic heterocycles. The molecule has 0 aliphatic carbocycles. The highest BCUT2D eigenvalue weighted by Crippen LogP contribution is 2.22. The van der Waals surface area contributed by atoms with Crippen LogP contribution in [0.15, 0.2) is 53.4 Å². The van der Waals surface area contributed by atoms with Crippen LogP contribution in [0.4, 0.5) is 0 Å². The number of amides is 1. The van der Waals surface area contributed by atoms with Crippen molar-refractivity contribution >= 4 is 27.7 Å². The van der Waals surface area contributed by atoms with Crippen molar-refractivity contribution in [3.63, 3.8) is 0 Å². The molecule has 0 bridgehead atoms. The second-order valence-corrected chi connectivity index (χ2v) is 10.5. The first-order valence-corrected chi connectivity index (χ1v) is 13.2. The van der Waals surface area contributed by atoms with Gasteiger partial charge in [-0.25, -0.2) is 8.42 Å². The van der Waals surface area contributed by atoms with Gasteiger partial charge in [-0.05, 0) is 49.6 Å². The molecular weight excluding hydrogens is 432 g/mol.